The minimum Gasteiger partial charge on any atom is -0.396 e. The third kappa shape index (κ3) is 4.17. The van der Waals surface area contributed by atoms with Crippen molar-refractivity contribution in [1.82, 2.24) is 15.5 Å². The van der Waals surface area contributed by atoms with Gasteiger partial charge in [-0.25, -0.2) is 0 Å². The number of hydrogen-bond donors (Lipinski definition) is 3. The summed E-state index contributed by atoms with van der Waals surface area (Å²) in [4.78, 5) is 37.1. The van der Waals surface area contributed by atoms with Gasteiger partial charge in [-0.1, -0.05) is 0 Å². The second kappa shape index (κ2) is 7.40. The van der Waals surface area contributed by atoms with Gasteiger partial charge in [0.1, 0.15) is 0 Å². The topological polar surface area (TPSA) is 98.7 Å². The lowest BCUT2D eigenvalue weighted by atomic mass is 9.94. The number of rotatable bonds is 5. The number of piperidine rings is 1. The summed E-state index contributed by atoms with van der Waals surface area (Å²) in [5, 5.41) is 14.2. The molecule has 0 aromatic carbocycles. The molecule has 0 aromatic rings. The molecule has 2 aliphatic heterocycles. The van der Waals surface area contributed by atoms with Gasteiger partial charge in [0.15, 0.2) is 0 Å². The third-order valence-electron chi connectivity index (χ3n) is 4.14. The first-order valence-corrected chi connectivity index (χ1v) is 7.56. The molecule has 3 N–H and O–H groups in total. The number of nitrogens with one attached hydrogen (secondary N) is 2. The highest BCUT2D eigenvalue weighted by Crippen LogP contribution is 2.21. The largest absolute Gasteiger partial charge is 0.396 e. The van der Waals surface area contributed by atoms with Crippen molar-refractivity contribution in [3.63, 3.8) is 0 Å². The van der Waals surface area contributed by atoms with Crippen LogP contribution < -0.4 is 10.6 Å². The van der Waals surface area contributed by atoms with E-state index < -0.39 is 0 Å². The Morgan fingerprint density at radius 1 is 1.29 bits per heavy atom. The van der Waals surface area contributed by atoms with Gasteiger partial charge in [-0.05, 0) is 19.3 Å². The van der Waals surface area contributed by atoms with Gasteiger partial charge in [0.05, 0.1) is 5.92 Å². The molecule has 7 nitrogen and oxygen atoms in total. The molecule has 2 heterocycles. The highest BCUT2D eigenvalue weighted by molar-refractivity contribution is 5.89. The van der Waals surface area contributed by atoms with Crippen LogP contribution in [-0.2, 0) is 14.4 Å². The van der Waals surface area contributed by atoms with Gasteiger partial charge in [0.2, 0.25) is 17.7 Å². The molecule has 0 bridgehead atoms. The van der Waals surface area contributed by atoms with Crippen LogP contribution in [0.4, 0.5) is 0 Å². The van der Waals surface area contributed by atoms with Crippen LogP contribution in [0.2, 0.25) is 0 Å². The smallest absolute Gasteiger partial charge is 0.227 e. The van der Waals surface area contributed by atoms with E-state index in [1.807, 2.05) is 0 Å². The summed E-state index contributed by atoms with van der Waals surface area (Å²) in [5.41, 5.74) is 0. The SMILES string of the molecule is O=C1CC(C(=O)N2CCC(C(=O)NCCCO)CC2)CN1. The van der Waals surface area contributed by atoms with E-state index in [0.29, 0.717) is 45.4 Å². The summed E-state index contributed by atoms with van der Waals surface area (Å²) in [6.07, 6.45) is 2.15. The zero-order valence-corrected chi connectivity index (χ0v) is 12.1. The van der Waals surface area contributed by atoms with Crippen LogP contribution in [0, 0.1) is 11.8 Å². The van der Waals surface area contributed by atoms with E-state index in [1.165, 1.54) is 0 Å². The summed E-state index contributed by atoms with van der Waals surface area (Å²) >= 11 is 0. The zero-order valence-electron chi connectivity index (χ0n) is 12.1. The standard InChI is InChI=1S/C14H23N3O4/c18-7-1-4-15-13(20)10-2-5-17(6-3-10)14(21)11-8-12(19)16-9-11/h10-11,18H,1-9H2,(H,15,20)(H,16,19). The van der Waals surface area contributed by atoms with E-state index in [4.69, 9.17) is 5.11 Å². The fourth-order valence-electron chi connectivity index (χ4n) is 2.84. The molecular weight excluding hydrogens is 274 g/mol. The maximum absolute atomic E-state index is 12.2. The van der Waals surface area contributed by atoms with Crippen molar-refractivity contribution < 1.29 is 19.5 Å². The van der Waals surface area contributed by atoms with Crippen molar-refractivity contribution in [3.05, 3.63) is 0 Å². The van der Waals surface area contributed by atoms with Crippen LogP contribution >= 0.6 is 0 Å². The number of likely N-dealkylation sites (tertiary alicyclic amines) is 1. The predicted octanol–water partition coefficient (Wildman–Crippen LogP) is -1.14. The molecule has 2 rings (SSSR count). The highest BCUT2D eigenvalue weighted by atomic mass is 16.3. The summed E-state index contributed by atoms with van der Waals surface area (Å²) in [6.45, 7) is 2.13. The average molecular weight is 297 g/mol. The van der Waals surface area contributed by atoms with E-state index >= 15 is 0 Å². The first-order valence-electron chi connectivity index (χ1n) is 7.56. The van der Waals surface area contributed by atoms with Crippen molar-refractivity contribution in [2.45, 2.75) is 25.7 Å². The molecule has 0 spiro atoms. The maximum atomic E-state index is 12.2. The molecule has 7 heteroatoms. The summed E-state index contributed by atoms with van der Waals surface area (Å²) in [6, 6.07) is 0. The molecule has 0 aromatic heterocycles. The minimum atomic E-state index is -0.243. The van der Waals surface area contributed by atoms with Gasteiger partial charge in [0, 0.05) is 45.1 Å². The van der Waals surface area contributed by atoms with Crippen molar-refractivity contribution in [2.24, 2.45) is 11.8 Å². The van der Waals surface area contributed by atoms with E-state index in [1.54, 1.807) is 4.90 Å². The molecule has 3 amide bonds. The molecule has 2 aliphatic rings. The Labute approximate surface area is 124 Å². The Kier molecular flexibility index (Phi) is 5.55. The zero-order chi connectivity index (χ0) is 15.2. The Morgan fingerprint density at radius 2 is 2.00 bits per heavy atom. The quantitative estimate of drug-likeness (QED) is 0.559. The van der Waals surface area contributed by atoms with Crippen LogP contribution in [0.3, 0.4) is 0 Å². The molecule has 118 valence electrons. The number of nitrogens with zero attached hydrogens (tertiary/aromatic N) is 1. The lowest BCUT2D eigenvalue weighted by Crippen LogP contribution is -2.45. The van der Waals surface area contributed by atoms with Gasteiger partial charge in [-0.15, -0.1) is 0 Å². The lowest BCUT2D eigenvalue weighted by molar-refractivity contribution is -0.139. The van der Waals surface area contributed by atoms with E-state index in [9.17, 15) is 14.4 Å². The number of aliphatic hydroxyl groups excluding tert-OH is 1. The van der Waals surface area contributed by atoms with Crippen molar-refractivity contribution in [2.75, 3.05) is 32.8 Å². The first-order chi connectivity index (χ1) is 10.1. The summed E-state index contributed by atoms with van der Waals surface area (Å²) in [5.74, 6) is -0.337. The molecule has 0 saturated carbocycles. The molecule has 2 saturated heterocycles. The Morgan fingerprint density at radius 3 is 2.57 bits per heavy atom. The fourth-order valence-corrected chi connectivity index (χ4v) is 2.84. The fraction of sp³-hybridized carbons (Fsp3) is 0.786. The second-order valence-corrected chi connectivity index (χ2v) is 5.67. The maximum Gasteiger partial charge on any atom is 0.227 e. The Balaban J connectivity index is 1.73. The van der Waals surface area contributed by atoms with Crippen LogP contribution in [0.25, 0.3) is 0 Å². The third-order valence-corrected chi connectivity index (χ3v) is 4.14. The Hall–Kier alpha value is -1.63. The van der Waals surface area contributed by atoms with Crippen molar-refractivity contribution in [3.8, 4) is 0 Å². The molecule has 1 atom stereocenters. The van der Waals surface area contributed by atoms with E-state index in [0.717, 1.165) is 0 Å². The molecule has 0 radical (unpaired) electrons. The van der Waals surface area contributed by atoms with Crippen molar-refractivity contribution in [1.29, 1.82) is 0 Å². The van der Waals surface area contributed by atoms with Gasteiger partial charge in [-0.3, -0.25) is 14.4 Å². The van der Waals surface area contributed by atoms with Crippen LogP contribution in [0.1, 0.15) is 25.7 Å². The van der Waals surface area contributed by atoms with Gasteiger partial charge < -0.3 is 20.6 Å². The summed E-state index contributed by atoms with van der Waals surface area (Å²) < 4.78 is 0. The van der Waals surface area contributed by atoms with Crippen molar-refractivity contribution >= 4 is 17.7 Å². The predicted molar refractivity (Wildman–Crippen MR) is 75.1 cm³/mol. The molecule has 2 fully saturated rings. The van der Waals surface area contributed by atoms with Gasteiger partial charge in [0.25, 0.3) is 0 Å². The average Bonchev–Trinajstić information content (AvgIpc) is 2.93. The minimum absolute atomic E-state index is 0.00765. The van der Waals surface area contributed by atoms with Gasteiger partial charge in [-0.2, -0.15) is 0 Å². The number of hydrogen-bond acceptors (Lipinski definition) is 4. The lowest BCUT2D eigenvalue weighted by Gasteiger charge is -2.32. The van der Waals surface area contributed by atoms with Crippen LogP contribution in [0.15, 0.2) is 0 Å². The molecule has 1 unspecified atom stereocenters. The second-order valence-electron chi connectivity index (χ2n) is 5.67. The summed E-state index contributed by atoms with van der Waals surface area (Å²) in [7, 11) is 0. The van der Waals surface area contributed by atoms with E-state index in [-0.39, 0.29) is 42.6 Å². The first kappa shape index (κ1) is 15.8. The number of carbonyl (C=O) groups is 3. The molecule has 21 heavy (non-hydrogen) atoms. The molecule has 0 aliphatic carbocycles. The Bertz CT molecular complexity index is 405. The molecular formula is C14H23N3O4. The van der Waals surface area contributed by atoms with Gasteiger partial charge >= 0.3 is 0 Å². The monoisotopic (exact) mass is 297 g/mol. The highest BCUT2D eigenvalue weighted by Gasteiger charge is 2.34. The van der Waals surface area contributed by atoms with Crippen LogP contribution in [-0.4, -0.2) is 60.5 Å². The number of aliphatic hydroxyl groups is 1. The normalized spacial score (nSPS) is 23.0. The number of carbonyl (C=O) groups excluding carboxylic acids is 3. The van der Waals surface area contributed by atoms with E-state index in [2.05, 4.69) is 10.6 Å². The van der Waals surface area contributed by atoms with Crippen LogP contribution in [0.5, 0.6) is 0 Å². The number of amides is 3.